The molecule has 2 aromatic carbocycles. The number of nitrogens with zero attached hydrogens (tertiary/aromatic N) is 2. The first-order chi connectivity index (χ1) is 15.7. The zero-order valence-corrected chi connectivity index (χ0v) is 18.4. The molecule has 2 aromatic heterocycles. The largest absolute Gasteiger partial charge is 0.381 e. The van der Waals surface area contributed by atoms with E-state index in [0.717, 1.165) is 37.4 Å². The molecule has 32 heavy (non-hydrogen) atoms. The van der Waals surface area contributed by atoms with Gasteiger partial charge in [-0.1, -0.05) is 18.2 Å². The Bertz CT molecular complexity index is 1160. The number of halogens is 1. The summed E-state index contributed by atoms with van der Waals surface area (Å²) >= 11 is 0. The van der Waals surface area contributed by atoms with Crippen LogP contribution in [0.25, 0.3) is 22.2 Å². The van der Waals surface area contributed by atoms with Crippen molar-refractivity contribution < 1.29 is 9.13 Å². The van der Waals surface area contributed by atoms with Crippen LogP contribution in [0.15, 0.2) is 61.1 Å². The lowest BCUT2D eigenvalue weighted by atomic mass is 9.85. The van der Waals surface area contributed by atoms with Crippen molar-refractivity contribution in [3.05, 3.63) is 78.1 Å². The number of imidazole rings is 1. The van der Waals surface area contributed by atoms with Crippen LogP contribution in [0.4, 0.5) is 4.39 Å². The van der Waals surface area contributed by atoms with Gasteiger partial charge in [0.05, 0.1) is 24.3 Å². The number of aryl methyl sites for hydroxylation is 1. The Morgan fingerprint density at radius 1 is 1.06 bits per heavy atom. The normalized spacial score (nSPS) is 18.8. The van der Waals surface area contributed by atoms with Gasteiger partial charge < -0.3 is 19.6 Å². The maximum absolute atomic E-state index is 12.5. The van der Waals surface area contributed by atoms with Gasteiger partial charge in [0, 0.05) is 36.9 Å². The highest BCUT2D eigenvalue weighted by atomic mass is 19.1. The second-order valence-electron chi connectivity index (χ2n) is 8.54. The van der Waals surface area contributed by atoms with Gasteiger partial charge in [0.2, 0.25) is 0 Å². The highest BCUT2D eigenvalue weighted by Crippen LogP contribution is 2.38. The fourth-order valence-corrected chi connectivity index (χ4v) is 5.08. The number of nitrogens with one attached hydrogen (secondary N) is 2. The molecule has 2 N–H and O–H groups in total. The Kier molecular flexibility index (Phi) is 6.06. The average molecular weight is 433 g/mol. The van der Waals surface area contributed by atoms with Crippen LogP contribution in [0.5, 0.6) is 0 Å². The van der Waals surface area contributed by atoms with Crippen molar-refractivity contribution in [3.8, 4) is 11.3 Å². The van der Waals surface area contributed by atoms with Gasteiger partial charge >= 0.3 is 0 Å². The van der Waals surface area contributed by atoms with Crippen LogP contribution >= 0.6 is 0 Å². The molecule has 0 radical (unpaired) electrons. The molecule has 2 aliphatic rings. The standard InChI is InChI=1S/C17H22N2O.C9H7FN2/c1-19-15-5-3-2-4-13(15)14-6-9-18-16(17(14)19)12-7-10-20-11-8-12;10-8-3-1-7(2-4-8)9-5-11-6-12-9/h2-5,12,16,18H,6-11H2,1H3;1-6H,(H,11,12). The summed E-state index contributed by atoms with van der Waals surface area (Å²) in [6, 6.07) is 15.6. The van der Waals surface area contributed by atoms with Gasteiger partial charge in [-0.2, -0.15) is 0 Å². The number of ether oxygens (including phenoxy) is 1. The lowest BCUT2D eigenvalue weighted by molar-refractivity contribution is 0.0518. The van der Waals surface area contributed by atoms with Crippen molar-refractivity contribution >= 4 is 10.9 Å². The Morgan fingerprint density at radius 3 is 2.59 bits per heavy atom. The van der Waals surface area contributed by atoms with Crippen LogP contribution in [-0.4, -0.2) is 34.3 Å². The highest BCUT2D eigenvalue weighted by Gasteiger charge is 2.32. The Morgan fingerprint density at radius 2 is 1.84 bits per heavy atom. The van der Waals surface area contributed by atoms with E-state index in [4.69, 9.17) is 4.74 Å². The predicted molar refractivity (Wildman–Crippen MR) is 125 cm³/mol. The number of hydrogen-bond acceptors (Lipinski definition) is 3. The summed E-state index contributed by atoms with van der Waals surface area (Å²) in [6.45, 7) is 2.94. The molecule has 0 spiro atoms. The van der Waals surface area contributed by atoms with Gasteiger partial charge in [0.15, 0.2) is 0 Å². The van der Waals surface area contributed by atoms with E-state index in [1.807, 2.05) is 0 Å². The van der Waals surface area contributed by atoms with Gasteiger partial charge in [-0.3, -0.25) is 0 Å². The summed E-state index contributed by atoms with van der Waals surface area (Å²) < 4.78 is 20.4. The first-order valence-electron chi connectivity index (χ1n) is 11.3. The molecule has 166 valence electrons. The molecular formula is C26H29FN4O. The molecular weight excluding hydrogens is 403 g/mol. The molecule has 2 aliphatic heterocycles. The van der Waals surface area contributed by atoms with Crippen molar-refractivity contribution in [2.75, 3.05) is 19.8 Å². The van der Waals surface area contributed by atoms with Crippen LogP contribution in [0.3, 0.4) is 0 Å². The molecule has 4 heterocycles. The Labute approximate surface area is 187 Å². The van der Waals surface area contributed by atoms with Gasteiger partial charge in [0.25, 0.3) is 0 Å². The van der Waals surface area contributed by atoms with Crippen molar-refractivity contribution in [1.82, 2.24) is 19.9 Å². The minimum atomic E-state index is -0.224. The molecule has 4 aromatic rings. The van der Waals surface area contributed by atoms with E-state index in [1.165, 1.54) is 41.6 Å². The third-order valence-corrected chi connectivity index (χ3v) is 6.69. The SMILES string of the molecule is Cn1c2c(c3ccccc31)CCNC2C1CCOCC1.Fc1ccc(-c2cnc[nH]2)cc1. The lowest BCUT2D eigenvalue weighted by Crippen LogP contribution is -2.38. The van der Waals surface area contributed by atoms with Crippen LogP contribution < -0.4 is 5.32 Å². The summed E-state index contributed by atoms with van der Waals surface area (Å²) in [7, 11) is 2.22. The van der Waals surface area contributed by atoms with Gasteiger partial charge in [-0.25, -0.2) is 9.37 Å². The van der Waals surface area contributed by atoms with Crippen LogP contribution in [0, 0.1) is 11.7 Å². The van der Waals surface area contributed by atoms with Gasteiger partial charge in [-0.05, 0) is 73.2 Å². The summed E-state index contributed by atoms with van der Waals surface area (Å²) in [5, 5.41) is 5.22. The van der Waals surface area contributed by atoms with E-state index in [0.29, 0.717) is 12.0 Å². The second kappa shape index (κ2) is 9.27. The lowest BCUT2D eigenvalue weighted by Gasteiger charge is -2.35. The zero-order valence-electron chi connectivity index (χ0n) is 18.4. The van der Waals surface area contributed by atoms with E-state index in [-0.39, 0.29) is 5.82 Å². The van der Waals surface area contributed by atoms with E-state index < -0.39 is 0 Å². The third kappa shape index (κ3) is 4.08. The summed E-state index contributed by atoms with van der Waals surface area (Å²) in [4.78, 5) is 6.81. The Balaban J connectivity index is 0.000000154. The second-order valence-corrected chi connectivity index (χ2v) is 8.54. The zero-order chi connectivity index (χ0) is 21.9. The molecule has 1 saturated heterocycles. The van der Waals surface area contributed by atoms with E-state index in [9.17, 15) is 4.39 Å². The third-order valence-electron chi connectivity index (χ3n) is 6.69. The molecule has 0 bridgehead atoms. The number of H-pyrrole nitrogens is 1. The molecule has 0 aliphatic carbocycles. The minimum absolute atomic E-state index is 0.224. The summed E-state index contributed by atoms with van der Waals surface area (Å²) in [5.74, 6) is 0.490. The fourth-order valence-electron chi connectivity index (χ4n) is 5.08. The van der Waals surface area contributed by atoms with Crippen molar-refractivity contribution in [3.63, 3.8) is 0 Å². The molecule has 0 amide bonds. The van der Waals surface area contributed by atoms with Gasteiger partial charge in [0.1, 0.15) is 5.82 Å². The quantitative estimate of drug-likeness (QED) is 0.468. The highest BCUT2D eigenvalue weighted by molar-refractivity contribution is 5.86. The number of fused-ring (bicyclic) bond motifs is 3. The molecule has 6 heteroatoms. The topological polar surface area (TPSA) is 54.9 Å². The van der Waals surface area contributed by atoms with Gasteiger partial charge in [-0.15, -0.1) is 0 Å². The number of rotatable bonds is 2. The monoisotopic (exact) mass is 432 g/mol. The number of hydrogen-bond donors (Lipinski definition) is 2. The molecule has 6 rings (SSSR count). The number of aromatic nitrogens is 3. The maximum atomic E-state index is 12.5. The van der Waals surface area contributed by atoms with E-state index in [1.54, 1.807) is 30.2 Å². The summed E-state index contributed by atoms with van der Waals surface area (Å²) in [5.41, 5.74) is 6.30. The maximum Gasteiger partial charge on any atom is 0.123 e. The van der Waals surface area contributed by atoms with Crippen LogP contribution in [0.1, 0.15) is 30.1 Å². The van der Waals surface area contributed by atoms with Crippen molar-refractivity contribution in [1.29, 1.82) is 0 Å². The molecule has 1 unspecified atom stereocenters. The average Bonchev–Trinajstić information content (AvgIpc) is 3.48. The molecule has 0 saturated carbocycles. The van der Waals surface area contributed by atoms with E-state index in [2.05, 4.69) is 51.2 Å². The minimum Gasteiger partial charge on any atom is -0.381 e. The van der Waals surface area contributed by atoms with Crippen molar-refractivity contribution in [2.24, 2.45) is 13.0 Å². The summed E-state index contributed by atoms with van der Waals surface area (Å²) in [6.07, 6.45) is 6.81. The number of aromatic amines is 1. The fraction of sp³-hybridized carbons (Fsp3) is 0.346. The molecule has 1 atom stereocenters. The van der Waals surface area contributed by atoms with E-state index >= 15 is 0 Å². The number of para-hydroxylation sites is 1. The number of benzene rings is 2. The van der Waals surface area contributed by atoms with Crippen LogP contribution in [-0.2, 0) is 18.2 Å². The predicted octanol–water partition coefficient (Wildman–Crippen LogP) is 5.01. The molecule has 1 fully saturated rings. The van der Waals surface area contributed by atoms with Crippen molar-refractivity contribution in [2.45, 2.75) is 25.3 Å². The first-order valence-corrected chi connectivity index (χ1v) is 11.3. The smallest absolute Gasteiger partial charge is 0.123 e. The molecule has 5 nitrogen and oxygen atoms in total. The Hall–Kier alpha value is -2.96. The van der Waals surface area contributed by atoms with Crippen LogP contribution in [0.2, 0.25) is 0 Å². The first kappa shape index (κ1) is 20.9.